The van der Waals surface area contributed by atoms with E-state index in [0.717, 1.165) is 18.9 Å². The van der Waals surface area contributed by atoms with Gasteiger partial charge in [-0.3, -0.25) is 4.90 Å². The second kappa shape index (κ2) is 9.70. The standard InChI is InChI=1S/C32H38N2O/c1-33(28-21-34(22-28)27-10-6-3-7-11-27)26-15-12-24(13-16-26)32-30(23-8-4-2-5-9-23)18-14-25-20-29(35)17-19-31(25)32/h2,4-5,8-9,12-13,15-17,19-20,27-28,30,32,35H,3,6-7,10-11,14,18,21-22H2,1H3. The predicted molar refractivity (Wildman–Crippen MR) is 145 cm³/mol. The van der Waals surface area contributed by atoms with Gasteiger partial charge in [0.25, 0.3) is 0 Å². The summed E-state index contributed by atoms with van der Waals surface area (Å²) in [5.41, 5.74) is 6.77. The van der Waals surface area contributed by atoms with Crippen molar-refractivity contribution in [3.05, 3.63) is 95.1 Å². The molecule has 2 fully saturated rings. The van der Waals surface area contributed by atoms with Crippen molar-refractivity contribution in [2.24, 2.45) is 0 Å². The third kappa shape index (κ3) is 4.47. The van der Waals surface area contributed by atoms with Gasteiger partial charge in [-0.05, 0) is 78.1 Å². The van der Waals surface area contributed by atoms with Gasteiger partial charge in [-0.15, -0.1) is 0 Å². The Hall–Kier alpha value is -2.78. The molecular weight excluding hydrogens is 428 g/mol. The zero-order valence-electron chi connectivity index (χ0n) is 20.9. The molecule has 2 unspecified atom stereocenters. The quantitative estimate of drug-likeness (QED) is 0.453. The highest BCUT2D eigenvalue weighted by atomic mass is 16.3. The summed E-state index contributed by atoms with van der Waals surface area (Å²) in [6, 6.07) is 27.8. The number of likely N-dealkylation sites (tertiary alicyclic amines) is 1. The van der Waals surface area contributed by atoms with E-state index in [2.05, 4.69) is 77.5 Å². The van der Waals surface area contributed by atoms with Gasteiger partial charge in [-0.25, -0.2) is 0 Å². The van der Waals surface area contributed by atoms with Crippen LogP contribution in [0, 0.1) is 0 Å². The Balaban J connectivity index is 1.22. The molecular formula is C32H38N2O. The molecule has 0 amide bonds. The van der Waals surface area contributed by atoms with Crippen LogP contribution in [-0.4, -0.2) is 42.2 Å². The van der Waals surface area contributed by atoms with Crippen molar-refractivity contribution >= 4 is 5.69 Å². The van der Waals surface area contributed by atoms with Crippen LogP contribution in [0.5, 0.6) is 5.75 Å². The lowest BCUT2D eigenvalue weighted by atomic mass is 9.69. The number of phenols is 1. The maximum Gasteiger partial charge on any atom is 0.115 e. The summed E-state index contributed by atoms with van der Waals surface area (Å²) < 4.78 is 0. The Kier molecular flexibility index (Phi) is 6.28. The molecule has 2 aliphatic carbocycles. The zero-order chi connectivity index (χ0) is 23.8. The van der Waals surface area contributed by atoms with Crippen molar-refractivity contribution in [2.45, 2.75) is 68.9 Å². The number of fused-ring (bicyclic) bond motifs is 1. The molecule has 1 saturated heterocycles. The number of aryl methyl sites for hydroxylation is 1. The fourth-order valence-corrected chi connectivity index (χ4v) is 6.88. The molecule has 1 saturated carbocycles. The first kappa shape index (κ1) is 22.7. The first-order valence-corrected chi connectivity index (χ1v) is 13.6. The molecule has 3 nitrogen and oxygen atoms in total. The van der Waals surface area contributed by atoms with Crippen molar-refractivity contribution in [3.8, 4) is 5.75 Å². The van der Waals surface area contributed by atoms with Gasteiger partial charge in [-0.2, -0.15) is 0 Å². The van der Waals surface area contributed by atoms with Crippen LogP contribution in [0.1, 0.15) is 72.6 Å². The van der Waals surface area contributed by atoms with Crippen molar-refractivity contribution in [2.75, 3.05) is 25.0 Å². The van der Waals surface area contributed by atoms with Crippen LogP contribution in [0.2, 0.25) is 0 Å². The summed E-state index contributed by atoms with van der Waals surface area (Å²) in [6.07, 6.45) is 9.17. The van der Waals surface area contributed by atoms with E-state index in [1.54, 1.807) is 0 Å². The normalized spacial score (nSPS) is 23.5. The lowest BCUT2D eigenvalue weighted by Crippen LogP contribution is -2.61. The number of hydrogen-bond donors (Lipinski definition) is 1. The van der Waals surface area contributed by atoms with Gasteiger partial charge < -0.3 is 10.0 Å². The highest BCUT2D eigenvalue weighted by molar-refractivity contribution is 5.53. The van der Waals surface area contributed by atoms with Gasteiger partial charge in [-0.1, -0.05) is 67.8 Å². The van der Waals surface area contributed by atoms with E-state index in [0.29, 0.717) is 23.6 Å². The summed E-state index contributed by atoms with van der Waals surface area (Å²) in [7, 11) is 2.27. The molecule has 3 aliphatic rings. The smallest absolute Gasteiger partial charge is 0.115 e. The average molecular weight is 467 g/mol. The van der Waals surface area contributed by atoms with Gasteiger partial charge in [0.15, 0.2) is 0 Å². The van der Waals surface area contributed by atoms with E-state index in [1.165, 1.54) is 73.1 Å². The van der Waals surface area contributed by atoms with Gasteiger partial charge in [0.1, 0.15) is 5.75 Å². The number of likely N-dealkylation sites (N-methyl/N-ethyl adjacent to an activating group) is 1. The Morgan fingerprint density at radius 2 is 1.54 bits per heavy atom. The average Bonchev–Trinajstić information content (AvgIpc) is 2.88. The molecule has 6 rings (SSSR count). The van der Waals surface area contributed by atoms with Crippen LogP contribution in [0.4, 0.5) is 5.69 Å². The highest BCUT2D eigenvalue weighted by Crippen LogP contribution is 2.47. The highest BCUT2D eigenvalue weighted by Gasteiger charge is 2.36. The largest absolute Gasteiger partial charge is 0.508 e. The molecule has 1 heterocycles. The summed E-state index contributed by atoms with van der Waals surface area (Å²) >= 11 is 0. The minimum absolute atomic E-state index is 0.312. The Morgan fingerprint density at radius 3 is 2.29 bits per heavy atom. The monoisotopic (exact) mass is 466 g/mol. The van der Waals surface area contributed by atoms with Crippen LogP contribution in [0.25, 0.3) is 0 Å². The van der Waals surface area contributed by atoms with Crippen LogP contribution in [-0.2, 0) is 6.42 Å². The molecule has 1 N–H and O–H groups in total. The minimum Gasteiger partial charge on any atom is -0.508 e. The maximum atomic E-state index is 10.1. The maximum absolute atomic E-state index is 10.1. The molecule has 3 heteroatoms. The first-order chi connectivity index (χ1) is 17.2. The number of nitrogens with zero attached hydrogens (tertiary/aromatic N) is 2. The SMILES string of the molecule is CN(c1ccc(C2c3ccc(O)cc3CCC2c2ccccc2)cc1)C1CN(C2CCCCC2)C1. The summed E-state index contributed by atoms with van der Waals surface area (Å²) in [5.74, 6) is 1.14. The number of hydrogen-bond acceptors (Lipinski definition) is 3. The van der Waals surface area contributed by atoms with Gasteiger partial charge in [0, 0.05) is 37.8 Å². The van der Waals surface area contributed by atoms with Crippen molar-refractivity contribution in [3.63, 3.8) is 0 Å². The van der Waals surface area contributed by atoms with Crippen molar-refractivity contribution < 1.29 is 5.11 Å². The molecule has 1 aliphatic heterocycles. The molecule has 0 bridgehead atoms. The topological polar surface area (TPSA) is 26.7 Å². The third-order valence-corrected chi connectivity index (χ3v) is 9.01. The second-order valence-electron chi connectivity index (χ2n) is 11.0. The molecule has 0 aromatic heterocycles. The molecule has 35 heavy (non-hydrogen) atoms. The molecule has 3 aromatic rings. The lowest BCUT2D eigenvalue weighted by molar-refractivity contribution is 0.0696. The third-order valence-electron chi connectivity index (χ3n) is 9.01. The number of benzene rings is 3. The predicted octanol–water partition coefficient (Wildman–Crippen LogP) is 6.71. The van der Waals surface area contributed by atoms with Crippen LogP contribution in [0.15, 0.2) is 72.8 Å². The van der Waals surface area contributed by atoms with E-state index in [-0.39, 0.29) is 0 Å². The van der Waals surface area contributed by atoms with Crippen LogP contribution in [0.3, 0.4) is 0 Å². The first-order valence-electron chi connectivity index (χ1n) is 13.6. The lowest BCUT2D eigenvalue weighted by Gasteiger charge is -2.49. The van der Waals surface area contributed by atoms with E-state index in [9.17, 15) is 5.11 Å². The number of phenolic OH excluding ortho intramolecular Hbond substituents is 1. The van der Waals surface area contributed by atoms with Gasteiger partial charge in [0.2, 0.25) is 0 Å². The Labute approximate surface area is 210 Å². The summed E-state index contributed by atoms with van der Waals surface area (Å²) in [5, 5.41) is 10.1. The van der Waals surface area contributed by atoms with E-state index in [1.807, 2.05) is 12.1 Å². The number of anilines is 1. The Bertz CT molecular complexity index is 1130. The Morgan fingerprint density at radius 1 is 0.800 bits per heavy atom. The van der Waals surface area contributed by atoms with Crippen LogP contribution < -0.4 is 4.90 Å². The number of rotatable bonds is 5. The van der Waals surface area contributed by atoms with Crippen molar-refractivity contribution in [1.29, 1.82) is 0 Å². The molecule has 182 valence electrons. The van der Waals surface area contributed by atoms with Gasteiger partial charge in [0.05, 0.1) is 6.04 Å². The van der Waals surface area contributed by atoms with Crippen LogP contribution >= 0.6 is 0 Å². The van der Waals surface area contributed by atoms with E-state index < -0.39 is 0 Å². The molecule has 2 atom stereocenters. The van der Waals surface area contributed by atoms with E-state index in [4.69, 9.17) is 0 Å². The molecule has 0 radical (unpaired) electrons. The van der Waals surface area contributed by atoms with Crippen molar-refractivity contribution in [1.82, 2.24) is 4.90 Å². The second-order valence-corrected chi connectivity index (χ2v) is 11.0. The van der Waals surface area contributed by atoms with Gasteiger partial charge >= 0.3 is 0 Å². The van der Waals surface area contributed by atoms with E-state index >= 15 is 0 Å². The fraction of sp³-hybridized carbons (Fsp3) is 0.438. The summed E-state index contributed by atoms with van der Waals surface area (Å²) in [6.45, 7) is 2.41. The molecule has 0 spiro atoms. The fourth-order valence-electron chi connectivity index (χ4n) is 6.88. The zero-order valence-corrected chi connectivity index (χ0v) is 20.9. The minimum atomic E-state index is 0.312. The number of aromatic hydroxyl groups is 1. The molecule has 3 aromatic carbocycles. The summed E-state index contributed by atoms with van der Waals surface area (Å²) in [4.78, 5) is 5.21.